The highest BCUT2D eigenvalue weighted by atomic mass is 79.9. The minimum Gasteiger partial charge on any atom is -0.480 e. The average Bonchev–Trinajstić information content (AvgIpc) is 2.37. The third kappa shape index (κ3) is 4.53. The highest BCUT2D eigenvalue weighted by Gasteiger charge is 2.20. The fraction of sp³-hybridized carbons (Fsp3) is 0.333. The van der Waals surface area contributed by atoms with Crippen molar-refractivity contribution in [2.45, 2.75) is 12.6 Å². The van der Waals surface area contributed by atoms with Crippen molar-refractivity contribution in [3.63, 3.8) is 0 Å². The summed E-state index contributed by atoms with van der Waals surface area (Å²) in [6.07, 6.45) is 0. The molecule has 19 heavy (non-hydrogen) atoms. The van der Waals surface area contributed by atoms with Crippen LogP contribution in [0.3, 0.4) is 0 Å². The maximum absolute atomic E-state index is 11.8. The van der Waals surface area contributed by atoms with Crippen LogP contribution in [0.2, 0.25) is 0 Å². The first-order valence-electron chi connectivity index (χ1n) is 5.54. The van der Waals surface area contributed by atoms with Gasteiger partial charge in [0, 0.05) is 18.1 Å². The van der Waals surface area contributed by atoms with Gasteiger partial charge in [0.15, 0.2) is 6.04 Å². The smallest absolute Gasteiger partial charge is 0.328 e. The molecule has 3 N–H and O–H groups in total. The van der Waals surface area contributed by atoms with Crippen molar-refractivity contribution in [1.29, 1.82) is 0 Å². The Balaban J connectivity index is 2.63. The van der Waals surface area contributed by atoms with Crippen molar-refractivity contribution in [1.82, 2.24) is 10.2 Å². The van der Waals surface area contributed by atoms with E-state index in [0.717, 1.165) is 10.0 Å². The Morgan fingerprint density at radius 1 is 1.42 bits per heavy atom. The monoisotopic (exact) mass is 330 g/mol. The van der Waals surface area contributed by atoms with Gasteiger partial charge in [-0.05, 0) is 11.6 Å². The Morgan fingerprint density at radius 3 is 2.58 bits per heavy atom. The molecule has 0 heterocycles. The van der Waals surface area contributed by atoms with Crippen molar-refractivity contribution in [3.05, 3.63) is 34.3 Å². The molecular weight excluding hydrogens is 316 g/mol. The summed E-state index contributed by atoms with van der Waals surface area (Å²) in [4.78, 5) is 23.8. The summed E-state index contributed by atoms with van der Waals surface area (Å²) in [6, 6.07) is 5.56. The Kier molecular flexibility index (Phi) is 5.78. The molecule has 2 amide bonds. The van der Waals surface area contributed by atoms with Crippen LogP contribution in [0.4, 0.5) is 4.79 Å². The van der Waals surface area contributed by atoms with Crippen LogP contribution in [0.5, 0.6) is 0 Å². The Bertz CT molecular complexity index is 467. The highest BCUT2D eigenvalue weighted by molar-refractivity contribution is 9.10. The molecule has 1 atom stereocenters. The van der Waals surface area contributed by atoms with Gasteiger partial charge in [0.2, 0.25) is 0 Å². The first-order chi connectivity index (χ1) is 8.95. The van der Waals surface area contributed by atoms with Crippen molar-refractivity contribution >= 4 is 27.9 Å². The Hall–Kier alpha value is -1.60. The molecule has 104 valence electrons. The minimum atomic E-state index is -1.30. The minimum absolute atomic E-state index is 0.324. The largest absolute Gasteiger partial charge is 0.480 e. The lowest BCUT2D eigenvalue weighted by Crippen LogP contribution is -2.48. The molecule has 1 aromatic rings. The van der Waals surface area contributed by atoms with Gasteiger partial charge in [-0.3, -0.25) is 0 Å². The van der Waals surface area contributed by atoms with E-state index in [1.54, 1.807) is 7.05 Å². The third-order valence-corrected chi connectivity index (χ3v) is 3.26. The summed E-state index contributed by atoms with van der Waals surface area (Å²) in [5.74, 6) is -1.27. The Labute approximate surface area is 119 Å². The second kappa shape index (κ2) is 7.10. The van der Waals surface area contributed by atoms with Gasteiger partial charge in [0.05, 0.1) is 6.61 Å². The molecule has 0 saturated heterocycles. The van der Waals surface area contributed by atoms with Gasteiger partial charge in [-0.15, -0.1) is 0 Å². The fourth-order valence-electron chi connectivity index (χ4n) is 1.40. The number of carboxylic acids is 1. The molecular formula is C12H15BrN2O4. The molecule has 1 aromatic carbocycles. The second-order valence-corrected chi connectivity index (χ2v) is 4.82. The summed E-state index contributed by atoms with van der Waals surface area (Å²) < 4.78 is 0.867. The lowest BCUT2D eigenvalue weighted by molar-refractivity contribution is -0.140. The topological polar surface area (TPSA) is 89.9 Å². The number of carboxylic acid groups (broad SMARTS) is 1. The standard InChI is InChI=1S/C12H15BrN2O4/c1-15(6-8-4-2-3-5-9(8)13)12(19)14-10(7-16)11(17)18/h2-5,10,16H,6-7H2,1H3,(H,14,19)(H,17,18). The average molecular weight is 331 g/mol. The molecule has 6 nitrogen and oxygen atoms in total. The first-order valence-corrected chi connectivity index (χ1v) is 6.33. The van der Waals surface area contributed by atoms with Crippen LogP contribution in [0.1, 0.15) is 5.56 Å². The summed E-state index contributed by atoms with van der Waals surface area (Å²) in [5.41, 5.74) is 0.899. The molecule has 0 aromatic heterocycles. The number of nitrogens with zero attached hydrogens (tertiary/aromatic N) is 1. The van der Waals surface area contributed by atoms with Crippen molar-refractivity contribution in [2.24, 2.45) is 0 Å². The van der Waals surface area contributed by atoms with E-state index in [-0.39, 0.29) is 0 Å². The van der Waals surface area contributed by atoms with Crippen LogP contribution in [0, 0.1) is 0 Å². The third-order valence-electron chi connectivity index (χ3n) is 2.49. The molecule has 0 bridgehead atoms. The van der Waals surface area contributed by atoms with E-state index in [2.05, 4.69) is 21.2 Å². The fourth-order valence-corrected chi connectivity index (χ4v) is 1.81. The predicted octanol–water partition coefficient (Wildman–Crippen LogP) is 1.04. The van der Waals surface area contributed by atoms with Crippen molar-refractivity contribution < 1.29 is 19.8 Å². The second-order valence-electron chi connectivity index (χ2n) is 3.97. The van der Waals surface area contributed by atoms with E-state index in [1.807, 2.05) is 24.3 Å². The predicted molar refractivity (Wildman–Crippen MR) is 72.7 cm³/mol. The maximum Gasteiger partial charge on any atom is 0.328 e. The molecule has 7 heteroatoms. The lowest BCUT2D eigenvalue weighted by atomic mass is 10.2. The van der Waals surface area contributed by atoms with E-state index < -0.39 is 24.6 Å². The lowest BCUT2D eigenvalue weighted by Gasteiger charge is -2.21. The van der Waals surface area contributed by atoms with E-state index in [4.69, 9.17) is 10.2 Å². The molecule has 1 rings (SSSR count). The van der Waals surface area contributed by atoms with Crippen LogP contribution in [0.25, 0.3) is 0 Å². The number of benzene rings is 1. The van der Waals surface area contributed by atoms with E-state index >= 15 is 0 Å². The number of aliphatic hydroxyl groups excluding tert-OH is 1. The van der Waals surface area contributed by atoms with Crippen molar-refractivity contribution in [2.75, 3.05) is 13.7 Å². The molecule has 0 aliphatic heterocycles. The number of rotatable bonds is 5. The number of aliphatic carboxylic acids is 1. The van der Waals surface area contributed by atoms with Gasteiger partial charge in [-0.2, -0.15) is 0 Å². The summed E-state index contributed by atoms with van der Waals surface area (Å²) in [7, 11) is 1.55. The number of halogens is 1. The van der Waals surface area contributed by atoms with Gasteiger partial charge in [0.1, 0.15) is 0 Å². The van der Waals surface area contributed by atoms with Crippen LogP contribution in [0.15, 0.2) is 28.7 Å². The molecule has 0 aliphatic rings. The SMILES string of the molecule is CN(Cc1ccccc1Br)C(=O)NC(CO)C(=O)O. The van der Waals surface area contributed by atoms with Crippen LogP contribution in [-0.4, -0.2) is 46.8 Å². The number of amides is 2. The molecule has 0 radical (unpaired) electrons. The molecule has 0 spiro atoms. The van der Waals surface area contributed by atoms with Crippen LogP contribution in [-0.2, 0) is 11.3 Å². The first kappa shape index (κ1) is 15.5. The van der Waals surface area contributed by atoms with Gasteiger partial charge < -0.3 is 20.4 Å². The number of carbonyl (C=O) groups excluding carboxylic acids is 1. The summed E-state index contributed by atoms with van der Waals surface area (Å²) in [5, 5.41) is 19.8. The van der Waals surface area contributed by atoms with E-state index in [0.29, 0.717) is 6.54 Å². The summed E-state index contributed by atoms with van der Waals surface area (Å²) >= 11 is 3.37. The zero-order chi connectivity index (χ0) is 14.4. The van der Waals surface area contributed by atoms with Gasteiger partial charge in [-0.25, -0.2) is 9.59 Å². The van der Waals surface area contributed by atoms with Crippen LogP contribution < -0.4 is 5.32 Å². The van der Waals surface area contributed by atoms with Gasteiger partial charge >= 0.3 is 12.0 Å². The van der Waals surface area contributed by atoms with Gasteiger partial charge in [-0.1, -0.05) is 34.1 Å². The van der Waals surface area contributed by atoms with Crippen molar-refractivity contribution in [3.8, 4) is 0 Å². The molecule has 1 unspecified atom stereocenters. The van der Waals surface area contributed by atoms with Gasteiger partial charge in [0.25, 0.3) is 0 Å². The number of aliphatic hydroxyl groups is 1. The molecule has 0 saturated carbocycles. The van der Waals surface area contributed by atoms with E-state index in [9.17, 15) is 9.59 Å². The number of urea groups is 1. The zero-order valence-electron chi connectivity index (χ0n) is 10.3. The van der Waals surface area contributed by atoms with E-state index in [1.165, 1.54) is 4.90 Å². The summed E-state index contributed by atoms with van der Waals surface area (Å²) in [6.45, 7) is -0.324. The maximum atomic E-state index is 11.8. The number of nitrogens with one attached hydrogen (secondary N) is 1. The number of carbonyl (C=O) groups is 2. The number of hydrogen-bond acceptors (Lipinski definition) is 3. The molecule has 0 aliphatic carbocycles. The highest BCUT2D eigenvalue weighted by Crippen LogP contribution is 2.17. The zero-order valence-corrected chi connectivity index (χ0v) is 11.9. The molecule has 0 fully saturated rings. The van der Waals surface area contributed by atoms with Crippen LogP contribution >= 0.6 is 15.9 Å². The normalized spacial score (nSPS) is 11.7. The quantitative estimate of drug-likeness (QED) is 0.752. The Morgan fingerprint density at radius 2 is 2.05 bits per heavy atom. The number of hydrogen-bond donors (Lipinski definition) is 3.